The summed E-state index contributed by atoms with van der Waals surface area (Å²) in [7, 11) is -3.33. The Balaban J connectivity index is 0.00000162. The molecule has 102 valence electrons. The molecule has 2 rings (SSSR count). The van der Waals surface area contributed by atoms with Crippen molar-refractivity contribution in [1.29, 1.82) is 0 Å². The van der Waals surface area contributed by atoms with Gasteiger partial charge in [0.1, 0.15) is 0 Å². The van der Waals surface area contributed by atoms with E-state index in [4.69, 9.17) is 0 Å². The van der Waals surface area contributed by atoms with E-state index in [1.165, 1.54) is 6.42 Å². The molecule has 0 spiro atoms. The molecule has 0 radical (unpaired) electrons. The Hall–Kier alpha value is -0.620. The highest BCUT2D eigenvalue weighted by Crippen LogP contribution is 2.10. The molecular formula is C12H19ClN2O2S. The number of nitrogens with one attached hydrogen (secondary N) is 2. The summed E-state index contributed by atoms with van der Waals surface area (Å²) in [6, 6.07) is 8.95. The third-order valence-corrected chi connectivity index (χ3v) is 4.48. The highest BCUT2D eigenvalue weighted by molar-refractivity contribution is 7.89. The Labute approximate surface area is 115 Å². The smallest absolute Gasteiger partial charge is 0.240 e. The van der Waals surface area contributed by atoms with Crippen LogP contribution < -0.4 is 10.0 Å². The lowest BCUT2D eigenvalue weighted by Gasteiger charge is -2.11. The van der Waals surface area contributed by atoms with E-state index < -0.39 is 10.0 Å². The van der Waals surface area contributed by atoms with Crippen LogP contribution in [-0.4, -0.2) is 27.5 Å². The molecule has 18 heavy (non-hydrogen) atoms. The van der Waals surface area contributed by atoms with Crippen LogP contribution in [0.4, 0.5) is 0 Å². The van der Waals surface area contributed by atoms with E-state index in [-0.39, 0.29) is 12.4 Å². The monoisotopic (exact) mass is 290 g/mol. The molecule has 0 unspecified atom stereocenters. The third kappa shape index (κ3) is 4.24. The van der Waals surface area contributed by atoms with Crippen LogP contribution in [0.15, 0.2) is 35.2 Å². The largest absolute Gasteiger partial charge is 0.314 e. The van der Waals surface area contributed by atoms with Crippen molar-refractivity contribution in [1.82, 2.24) is 10.0 Å². The maximum absolute atomic E-state index is 11.9. The number of halogens is 1. The minimum atomic E-state index is -3.33. The van der Waals surface area contributed by atoms with E-state index in [1.54, 1.807) is 24.3 Å². The van der Waals surface area contributed by atoms with E-state index in [1.807, 2.05) is 6.07 Å². The maximum Gasteiger partial charge on any atom is 0.240 e. The SMILES string of the molecule is Cl.O=S(=O)(NCC[C@H]1CCCN1)c1ccccc1. The molecule has 0 bridgehead atoms. The Morgan fingerprint density at radius 3 is 2.61 bits per heavy atom. The number of sulfonamides is 1. The number of hydrogen-bond acceptors (Lipinski definition) is 3. The molecule has 0 amide bonds. The summed E-state index contributed by atoms with van der Waals surface area (Å²) >= 11 is 0. The van der Waals surface area contributed by atoms with E-state index >= 15 is 0 Å². The molecule has 1 saturated heterocycles. The molecule has 6 heteroatoms. The maximum atomic E-state index is 11.9. The zero-order valence-corrected chi connectivity index (χ0v) is 11.8. The van der Waals surface area contributed by atoms with Crippen molar-refractivity contribution in [3.05, 3.63) is 30.3 Å². The Morgan fingerprint density at radius 1 is 1.28 bits per heavy atom. The first-order valence-corrected chi connectivity index (χ1v) is 7.45. The van der Waals surface area contributed by atoms with Crippen molar-refractivity contribution in [2.45, 2.75) is 30.2 Å². The fourth-order valence-corrected chi connectivity index (χ4v) is 3.12. The highest BCUT2D eigenvalue weighted by atomic mass is 35.5. The number of benzene rings is 1. The number of rotatable bonds is 5. The lowest BCUT2D eigenvalue weighted by molar-refractivity contribution is 0.539. The van der Waals surface area contributed by atoms with Gasteiger partial charge >= 0.3 is 0 Å². The standard InChI is InChI=1S/C12H18N2O2S.ClH/c15-17(16,12-6-2-1-3-7-12)14-10-8-11-5-4-9-13-11;/h1-3,6-7,11,13-14H,4-5,8-10H2;1H/t11-;/m1./s1. The van der Waals surface area contributed by atoms with Crippen LogP contribution in [0.2, 0.25) is 0 Å². The summed E-state index contributed by atoms with van der Waals surface area (Å²) in [6.45, 7) is 1.55. The zero-order chi connectivity index (χ0) is 12.1. The third-order valence-electron chi connectivity index (χ3n) is 3.00. The molecule has 1 aromatic carbocycles. The molecular weight excluding hydrogens is 272 g/mol. The van der Waals surface area contributed by atoms with Crippen LogP contribution in [0.3, 0.4) is 0 Å². The zero-order valence-electron chi connectivity index (χ0n) is 10.1. The van der Waals surface area contributed by atoms with Gasteiger partial charge in [0, 0.05) is 12.6 Å². The average molecular weight is 291 g/mol. The molecule has 1 atom stereocenters. The lowest BCUT2D eigenvalue weighted by atomic mass is 10.2. The van der Waals surface area contributed by atoms with Crippen molar-refractivity contribution in [3.8, 4) is 0 Å². The molecule has 0 aromatic heterocycles. The van der Waals surface area contributed by atoms with Gasteiger partial charge in [0.15, 0.2) is 0 Å². The number of hydrogen-bond donors (Lipinski definition) is 2. The van der Waals surface area contributed by atoms with Crippen LogP contribution in [0.5, 0.6) is 0 Å². The minimum Gasteiger partial charge on any atom is -0.314 e. The molecule has 1 fully saturated rings. The van der Waals surface area contributed by atoms with Crippen molar-refractivity contribution in [2.24, 2.45) is 0 Å². The second kappa shape index (κ2) is 7.09. The molecule has 0 aliphatic carbocycles. The summed E-state index contributed by atoms with van der Waals surface area (Å²) in [4.78, 5) is 0.333. The van der Waals surface area contributed by atoms with Gasteiger partial charge in [-0.25, -0.2) is 13.1 Å². The van der Waals surface area contributed by atoms with Crippen molar-refractivity contribution < 1.29 is 8.42 Å². The summed E-state index contributed by atoms with van der Waals surface area (Å²) in [5, 5.41) is 3.35. The van der Waals surface area contributed by atoms with Gasteiger partial charge in [-0.05, 0) is 37.9 Å². The van der Waals surface area contributed by atoms with Gasteiger partial charge in [0.2, 0.25) is 10.0 Å². The van der Waals surface area contributed by atoms with Gasteiger partial charge in [-0.1, -0.05) is 18.2 Å². The van der Waals surface area contributed by atoms with Crippen LogP contribution in [0.1, 0.15) is 19.3 Å². The molecule has 4 nitrogen and oxygen atoms in total. The molecule has 1 aliphatic heterocycles. The van der Waals surface area contributed by atoms with Gasteiger partial charge in [-0.2, -0.15) is 0 Å². The second-order valence-corrected chi connectivity index (χ2v) is 6.06. The Kier molecular flexibility index (Phi) is 6.08. The molecule has 0 saturated carbocycles. The van der Waals surface area contributed by atoms with E-state index in [0.717, 1.165) is 19.4 Å². The van der Waals surface area contributed by atoms with Crippen LogP contribution in [-0.2, 0) is 10.0 Å². The fourth-order valence-electron chi connectivity index (χ4n) is 2.05. The summed E-state index contributed by atoms with van der Waals surface area (Å²) in [5.74, 6) is 0. The highest BCUT2D eigenvalue weighted by Gasteiger charge is 2.16. The molecule has 1 heterocycles. The second-order valence-electron chi connectivity index (χ2n) is 4.29. The van der Waals surface area contributed by atoms with Gasteiger partial charge in [0.05, 0.1) is 4.90 Å². The normalized spacial score (nSPS) is 19.4. The van der Waals surface area contributed by atoms with E-state index in [0.29, 0.717) is 17.5 Å². The van der Waals surface area contributed by atoms with Gasteiger partial charge in [-0.15, -0.1) is 12.4 Å². The van der Waals surface area contributed by atoms with E-state index in [9.17, 15) is 8.42 Å². The van der Waals surface area contributed by atoms with Gasteiger partial charge < -0.3 is 5.32 Å². The summed E-state index contributed by atoms with van der Waals surface area (Å²) < 4.78 is 26.4. The van der Waals surface area contributed by atoms with Crippen LogP contribution in [0.25, 0.3) is 0 Å². The predicted molar refractivity (Wildman–Crippen MR) is 74.5 cm³/mol. The predicted octanol–water partition coefficient (Wildman–Crippen LogP) is 1.53. The first-order valence-electron chi connectivity index (χ1n) is 5.96. The quantitative estimate of drug-likeness (QED) is 0.865. The fraction of sp³-hybridized carbons (Fsp3) is 0.500. The topological polar surface area (TPSA) is 58.2 Å². The van der Waals surface area contributed by atoms with Crippen LogP contribution >= 0.6 is 12.4 Å². The lowest BCUT2D eigenvalue weighted by Crippen LogP contribution is -2.30. The summed E-state index contributed by atoms with van der Waals surface area (Å²) in [6.07, 6.45) is 3.19. The Morgan fingerprint density at radius 2 is 2.00 bits per heavy atom. The van der Waals surface area contributed by atoms with Crippen LogP contribution in [0, 0.1) is 0 Å². The molecule has 1 aromatic rings. The van der Waals surface area contributed by atoms with Gasteiger partial charge in [0.25, 0.3) is 0 Å². The molecule has 2 N–H and O–H groups in total. The minimum absolute atomic E-state index is 0. The van der Waals surface area contributed by atoms with Crippen molar-refractivity contribution >= 4 is 22.4 Å². The summed E-state index contributed by atoms with van der Waals surface area (Å²) in [5.41, 5.74) is 0. The molecule has 1 aliphatic rings. The first kappa shape index (κ1) is 15.4. The van der Waals surface area contributed by atoms with Crippen molar-refractivity contribution in [3.63, 3.8) is 0 Å². The van der Waals surface area contributed by atoms with E-state index in [2.05, 4.69) is 10.0 Å². The average Bonchev–Trinajstić information content (AvgIpc) is 2.83. The Bertz CT molecular complexity index is 444. The van der Waals surface area contributed by atoms with Gasteiger partial charge in [-0.3, -0.25) is 0 Å². The first-order chi connectivity index (χ1) is 8.18. The van der Waals surface area contributed by atoms with Crippen molar-refractivity contribution in [2.75, 3.05) is 13.1 Å².